The summed E-state index contributed by atoms with van der Waals surface area (Å²) in [6.45, 7) is -0.199. The van der Waals surface area contributed by atoms with Crippen LogP contribution in [0.1, 0.15) is 11.4 Å². The SMILES string of the molecule is Cn1c(CO)nnc1SCc1ccc(F)cc1F. The molecule has 0 saturated carbocycles. The highest BCUT2D eigenvalue weighted by Gasteiger charge is 2.10. The Hall–Kier alpha value is -1.47. The van der Waals surface area contributed by atoms with Crippen LogP contribution >= 0.6 is 11.8 Å². The van der Waals surface area contributed by atoms with Crippen molar-refractivity contribution in [2.75, 3.05) is 0 Å². The molecule has 1 heterocycles. The second-order valence-electron chi connectivity index (χ2n) is 3.64. The summed E-state index contributed by atoms with van der Waals surface area (Å²) in [4.78, 5) is 0. The highest BCUT2D eigenvalue weighted by Crippen LogP contribution is 2.23. The van der Waals surface area contributed by atoms with E-state index < -0.39 is 11.6 Å². The predicted molar refractivity (Wildman–Crippen MR) is 62.8 cm³/mol. The smallest absolute Gasteiger partial charge is 0.191 e. The number of halogens is 2. The lowest BCUT2D eigenvalue weighted by Gasteiger charge is -2.03. The van der Waals surface area contributed by atoms with Crippen molar-refractivity contribution in [3.05, 3.63) is 41.2 Å². The molecule has 0 spiro atoms. The van der Waals surface area contributed by atoms with Gasteiger partial charge in [0.2, 0.25) is 0 Å². The van der Waals surface area contributed by atoms with Gasteiger partial charge in [0.05, 0.1) is 0 Å². The van der Waals surface area contributed by atoms with Crippen molar-refractivity contribution in [1.29, 1.82) is 0 Å². The first-order valence-corrected chi connectivity index (χ1v) is 6.16. The lowest BCUT2D eigenvalue weighted by molar-refractivity contribution is 0.266. The Bertz CT molecular complexity index is 559. The van der Waals surface area contributed by atoms with Crippen LogP contribution in [0.15, 0.2) is 23.4 Å². The maximum atomic E-state index is 13.4. The van der Waals surface area contributed by atoms with Gasteiger partial charge in [0.25, 0.3) is 0 Å². The molecule has 7 heteroatoms. The van der Waals surface area contributed by atoms with Gasteiger partial charge in [-0.25, -0.2) is 8.78 Å². The van der Waals surface area contributed by atoms with E-state index in [1.54, 1.807) is 11.6 Å². The maximum absolute atomic E-state index is 13.4. The zero-order chi connectivity index (χ0) is 13.1. The minimum atomic E-state index is -0.595. The van der Waals surface area contributed by atoms with Crippen LogP contribution in [0.4, 0.5) is 8.78 Å². The summed E-state index contributed by atoms with van der Waals surface area (Å²) in [5.41, 5.74) is 0.398. The number of benzene rings is 1. The molecule has 0 aliphatic rings. The first kappa shape index (κ1) is 13.0. The van der Waals surface area contributed by atoms with Crippen molar-refractivity contribution in [3.63, 3.8) is 0 Å². The first-order valence-electron chi connectivity index (χ1n) is 5.17. The second-order valence-corrected chi connectivity index (χ2v) is 4.58. The van der Waals surface area contributed by atoms with Gasteiger partial charge in [-0.3, -0.25) is 0 Å². The summed E-state index contributed by atoms with van der Waals surface area (Å²) in [6, 6.07) is 3.47. The molecule has 2 rings (SSSR count). The van der Waals surface area contributed by atoms with Crippen molar-refractivity contribution in [2.45, 2.75) is 17.5 Å². The summed E-state index contributed by atoms with van der Waals surface area (Å²) >= 11 is 1.27. The third-order valence-corrected chi connectivity index (χ3v) is 3.51. The maximum Gasteiger partial charge on any atom is 0.191 e. The molecule has 1 aromatic heterocycles. The molecule has 0 unspecified atom stereocenters. The normalized spacial score (nSPS) is 10.9. The number of nitrogens with zero attached hydrogens (tertiary/aromatic N) is 3. The molecule has 0 bridgehead atoms. The van der Waals surface area contributed by atoms with Crippen LogP contribution in [0.2, 0.25) is 0 Å². The van der Waals surface area contributed by atoms with Crippen molar-refractivity contribution in [2.24, 2.45) is 7.05 Å². The van der Waals surface area contributed by atoms with E-state index in [1.807, 2.05) is 0 Å². The van der Waals surface area contributed by atoms with Crippen molar-refractivity contribution in [1.82, 2.24) is 14.8 Å². The fourth-order valence-corrected chi connectivity index (χ4v) is 2.31. The van der Waals surface area contributed by atoms with Crippen LogP contribution in [0.25, 0.3) is 0 Å². The molecule has 1 N–H and O–H groups in total. The van der Waals surface area contributed by atoms with Crippen molar-refractivity contribution >= 4 is 11.8 Å². The zero-order valence-electron chi connectivity index (χ0n) is 9.60. The van der Waals surface area contributed by atoms with Gasteiger partial charge in [-0.2, -0.15) is 0 Å². The molecule has 0 aliphatic carbocycles. The first-order chi connectivity index (χ1) is 8.61. The van der Waals surface area contributed by atoms with Crippen LogP contribution in [-0.4, -0.2) is 19.9 Å². The molecule has 2 aromatic rings. The lowest BCUT2D eigenvalue weighted by atomic mass is 10.2. The number of hydrogen-bond acceptors (Lipinski definition) is 4. The molecule has 96 valence electrons. The summed E-state index contributed by atoms with van der Waals surface area (Å²) in [5.74, 6) is -0.407. The van der Waals surface area contributed by atoms with E-state index in [9.17, 15) is 8.78 Å². The summed E-state index contributed by atoms with van der Waals surface area (Å²) < 4.78 is 27.7. The molecule has 0 fully saturated rings. The van der Waals surface area contributed by atoms with E-state index in [-0.39, 0.29) is 6.61 Å². The van der Waals surface area contributed by atoms with E-state index in [0.29, 0.717) is 22.3 Å². The fraction of sp³-hybridized carbons (Fsp3) is 0.273. The fourth-order valence-electron chi connectivity index (χ4n) is 1.39. The molecule has 0 amide bonds. The van der Waals surface area contributed by atoms with Gasteiger partial charge in [-0.1, -0.05) is 17.8 Å². The van der Waals surface area contributed by atoms with Gasteiger partial charge >= 0.3 is 0 Å². The Labute approximate surface area is 107 Å². The van der Waals surface area contributed by atoms with Crippen LogP contribution in [0.5, 0.6) is 0 Å². The largest absolute Gasteiger partial charge is 0.388 e. The molecule has 0 atom stereocenters. The molecular weight excluding hydrogens is 260 g/mol. The monoisotopic (exact) mass is 271 g/mol. The number of aliphatic hydroxyl groups excluding tert-OH is 1. The van der Waals surface area contributed by atoms with E-state index in [0.717, 1.165) is 6.07 Å². The zero-order valence-corrected chi connectivity index (χ0v) is 10.4. The Morgan fingerprint density at radius 1 is 1.33 bits per heavy atom. The second kappa shape index (κ2) is 5.45. The average Bonchev–Trinajstić information content (AvgIpc) is 2.69. The average molecular weight is 271 g/mol. The highest BCUT2D eigenvalue weighted by molar-refractivity contribution is 7.98. The predicted octanol–water partition coefficient (Wildman–Crippen LogP) is 1.88. The summed E-state index contributed by atoms with van der Waals surface area (Å²) in [6.07, 6.45) is 0. The third-order valence-electron chi connectivity index (χ3n) is 2.44. The Morgan fingerprint density at radius 2 is 2.11 bits per heavy atom. The van der Waals surface area contributed by atoms with E-state index in [2.05, 4.69) is 10.2 Å². The number of thioether (sulfide) groups is 1. The number of hydrogen-bond donors (Lipinski definition) is 1. The van der Waals surface area contributed by atoms with Gasteiger partial charge in [0.1, 0.15) is 18.2 Å². The van der Waals surface area contributed by atoms with E-state index >= 15 is 0 Å². The Balaban J connectivity index is 2.09. The van der Waals surface area contributed by atoms with Gasteiger partial charge < -0.3 is 9.67 Å². The van der Waals surface area contributed by atoms with Crippen LogP contribution in [0.3, 0.4) is 0 Å². The highest BCUT2D eigenvalue weighted by atomic mass is 32.2. The van der Waals surface area contributed by atoms with Crippen LogP contribution in [0, 0.1) is 11.6 Å². The Kier molecular flexibility index (Phi) is 3.93. The molecule has 1 aromatic carbocycles. The summed E-state index contributed by atoms with van der Waals surface area (Å²) in [7, 11) is 1.72. The van der Waals surface area contributed by atoms with Crippen molar-refractivity contribution in [3.8, 4) is 0 Å². The van der Waals surface area contributed by atoms with Crippen molar-refractivity contribution < 1.29 is 13.9 Å². The van der Waals surface area contributed by atoms with Crippen LogP contribution in [-0.2, 0) is 19.4 Å². The molecule has 18 heavy (non-hydrogen) atoms. The van der Waals surface area contributed by atoms with Gasteiger partial charge in [0.15, 0.2) is 11.0 Å². The molecule has 4 nitrogen and oxygen atoms in total. The van der Waals surface area contributed by atoms with Gasteiger partial charge in [0, 0.05) is 18.9 Å². The third kappa shape index (κ3) is 2.68. The minimum Gasteiger partial charge on any atom is -0.388 e. The Morgan fingerprint density at radius 3 is 2.72 bits per heavy atom. The van der Waals surface area contributed by atoms with Crippen LogP contribution < -0.4 is 0 Å². The number of rotatable bonds is 4. The minimum absolute atomic E-state index is 0.199. The van der Waals surface area contributed by atoms with Gasteiger partial charge in [-0.15, -0.1) is 10.2 Å². The topological polar surface area (TPSA) is 50.9 Å². The quantitative estimate of drug-likeness (QED) is 0.863. The van der Waals surface area contributed by atoms with E-state index in [1.165, 1.54) is 23.9 Å². The summed E-state index contributed by atoms with van der Waals surface area (Å²) in [5, 5.41) is 17.2. The molecular formula is C11H11F2N3OS. The number of aliphatic hydroxyl groups is 1. The lowest BCUT2D eigenvalue weighted by Crippen LogP contribution is -1.98. The molecule has 0 saturated heterocycles. The number of aromatic nitrogens is 3. The molecule has 0 radical (unpaired) electrons. The molecule has 0 aliphatic heterocycles. The van der Waals surface area contributed by atoms with Gasteiger partial charge in [-0.05, 0) is 11.6 Å². The van der Waals surface area contributed by atoms with E-state index in [4.69, 9.17) is 5.11 Å². The standard InChI is InChI=1S/C11H11F2N3OS/c1-16-10(5-17)14-15-11(16)18-6-7-2-3-8(12)4-9(7)13/h2-4,17H,5-6H2,1H3.